The van der Waals surface area contributed by atoms with E-state index < -0.39 is 24.3 Å². The van der Waals surface area contributed by atoms with Crippen molar-refractivity contribution in [1.82, 2.24) is 4.90 Å². The van der Waals surface area contributed by atoms with Gasteiger partial charge in [-0.05, 0) is 18.2 Å². The third kappa shape index (κ3) is 5.50. The number of halogens is 3. The number of nitrogens with zero attached hydrogens (tertiary/aromatic N) is 1. The van der Waals surface area contributed by atoms with Gasteiger partial charge in [-0.15, -0.1) is 0 Å². The Labute approximate surface area is 136 Å². The smallest absolute Gasteiger partial charge is 0.378 e. The van der Waals surface area contributed by atoms with E-state index in [1.165, 1.54) is 12.1 Å². The summed E-state index contributed by atoms with van der Waals surface area (Å²) in [7, 11) is 0. The maximum Gasteiger partial charge on any atom is 0.416 e. The molecule has 0 aromatic heterocycles. The van der Waals surface area contributed by atoms with Crippen molar-refractivity contribution in [1.29, 1.82) is 0 Å². The summed E-state index contributed by atoms with van der Waals surface area (Å²) in [5, 5.41) is 2.30. The van der Waals surface area contributed by atoms with Crippen LogP contribution < -0.4 is 5.32 Å². The van der Waals surface area contributed by atoms with Crippen molar-refractivity contribution in [2.24, 2.45) is 0 Å². The van der Waals surface area contributed by atoms with Crippen LogP contribution in [0.3, 0.4) is 0 Å². The highest BCUT2D eigenvalue weighted by Crippen LogP contribution is 2.30. The first-order chi connectivity index (χ1) is 11.4. The van der Waals surface area contributed by atoms with Crippen molar-refractivity contribution in [3.8, 4) is 0 Å². The predicted molar refractivity (Wildman–Crippen MR) is 78.3 cm³/mol. The molecule has 132 valence electrons. The van der Waals surface area contributed by atoms with Crippen LogP contribution in [0.1, 0.15) is 5.56 Å². The van der Waals surface area contributed by atoms with E-state index in [1.54, 1.807) is 4.90 Å². The first kappa shape index (κ1) is 18.2. The van der Waals surface area contributed by atoms with E-state index in [0.717, 1.165) is 12.1 Å². The number of nitrogens with one attached hydrogen (secondary N) is 1. The fraction of sp³-hybridized carbons (Fsp3) is 0.467. The highest BCUT2D eigenvalue weighted by Gasteiger charge is 2.30. The van der Waals surface area contributed by atoms with Crippen LogP contribution >= 0.6 is 0 Å². The number of carbonyl (C=O) groups excluding carboxylic acids is 2. The van der Waals surface area contributed by atoms with Gasteiger partial charge in [-0.3, -0.25) is 9.59 Å². The number of benzene rings is 1. The molecule has 0 aliphatic carbocycles. The van der Waals surface area contributed by atoms with E-state index in [4.69, 9.17) is 9.47 Å². The van der Waals surface area contributed by atoms with Crippen molar-refractivity contribution >= 4 is 17.5 Å². The normalized spacial score (nSPS) is 15.2. The minimum absolute atomic E-state index is 0.0120. The highest BCUT2D eigenvalue weighted by molar-refractivity contribution is 5.92. The van der Waals surface area contributed by atoms with E-state index >= 15 is 0 Å². The van der Waals surface area contributed by atoms with E-state index in [0.29, 0.717) is 26.3 Å². The summed E-state index contributed by atoms with van der Waals surface area (Å²) in [4.78, 5) is 25.0. The number of alkyl halides is 3. The van der Waals surface area contributed by atoms with Gasteiger partial charge in [0.25, 0.3) is 0 Å². The lowest BCUT2D eigenvalue weighted by atomic mass is 10.2. The molecule has 0 atom stereocenters. The van der Waals surface area contributed by atoms with Gasteiger partial charge >= 0.3 is 6.18 Å². The Bertz CT molecular complexity index is 586. The van der Waals surface area contributed by atoms with E-state index in [2.05, 4.69) is 5.32 Å². The molecule has 1 aromatic rings. The van der Waals surface area contributed by atoms with Crippen molar-refractivity contribution in [2.75, 3.05) is 44.8 Å². The van der Waals surface area contributed by atoms with Gasteiger partial charge in [-0.2, -0.15) is 13.2 Å². The average molecular weight is 346 g/mol. The second-order valence-electron chi connectivity index (χ2n) is 5.11. The molecule has 9 heteroatoms. The molecule has 0 spiro atoms. The van der Waals surface area contributed by atoms with Crippen LogP contribution in [-0.4, -0.2) is 56.2 Å². The molecule has 24 heavy (non-hydrogen) atoms. The molecular formula is C15H17F3N2O4. The summed E-state index contributed by atoms with van der Waals surface area (Å²) < 4.78 is 47.9. The van der Waals surface area contributed by atoms with Crippen molar-refractivity contribution < 1.29 is 32.2 Å². The summed E-state index contributed by atoms with van der Waals surface area (Å²) in [6.07, 6.45) is -4.48. The number of hydrogen-bond acceptors (Lipinski definition) is 4. The minimum Gasteiger partial charge on any atom is -0.378 e. The second kappa shape index (κ2) is 8.11. The topological polar surface area (TPSA) is 67.9 Å². The Kier molecular flexibility index (Phi) is 6.16. The number of amides is 2. The van der Waals surface area contributed by atoms with E-state index in [1.807, 2.05) is 0 Å². The number of hydrogen-bond donors (Lipinski definition) is 1. The molecule has 0 radical (unpaired) electrons. The Hall–Kier alpha value is -2.13. The Balaban J connectivity index is 1.76. The average Bonchev–Trinajstić information content (AvgIpc) is 2.55. The zero-order valence-corrected chi connectivity index (χ0v) is 12.8. The maximum atomic E-state index is 12.6. The molecule has 1 fully saturated rings. The molecule has 1 aromatic carbocycles. The number of ether oxygens (including phenoxy) is 2. The molecule has 1 N–H and O–H groups in total. The van der Waals surface area contributed by atoms with Crippen molar-refractivity contribution in [3.63, 3.8) is 0 Å². The molecule has 2 rings (SSSR count). The quantitative estimate of drug-likeness (QED) is 0.878. The van der Waals surface area contributed by atoms with Gasteiger partial charge < -0.3 is 19.7 Å². The molecule has 1 aliphatic heterocycles. The summed E-state index contributed by atoms with van der Waals surface area (Å²) in [5.74, 6) is -0.894. The lowest BCUT2D eigenvalue weighted by Gasteiger charge is -2.26. The summed E-state index contributed by atoms with van der Waals surface area (Å²) >= 11 is 0. The molecule has 1 heterocycles. The number of carbonyl (C=O) groups is 2. The number of rotatable bonds is 5. The summed E-state index contributed by atoms with van der Waals surface area (Å²) in [6.45, 7) is 1.17. The molecule has 0 saturated carbocycles. The molecule has 0 bridgehead atoms. The minimum atomic E-state index is -4.48. The predicted octanol–water partition coefficient (Wildman–Crippen LogP) is 1.52. The zero-order valence-electron chi connectivity index (χ0n) is 12.8. The fourth-order valence-electron chi connectivity index (χ4n) is 2.11. The van der Waals surface area contributed by atoms with Gasteiger partial charge in [0.2, 0.25) is 11.8 Å². The van der Waals surface area contributed by atoms with Gasteiger partial charge in [0.05, 0.1) is 18.8 Å². The van der Waals surface area contributed by atoms with Crippen LogP contribution in [0.5, 0.6) is 0 Å². The molecule has 6 nitrogen and oxygen atoms in total. The van der Waals surface area contributed by atoms with Crippen molar-refractivity contribution in [3.05, 3.63) is 29.8 Å². The molecule has 1 aliphatic rings. The third-order valence-corrected chi connectivity index (χ3v) is 3.30. The standard InChI is InChI=1S/C15H17F3N2O4/c16-15(17,18)11-2-1-3-12(8-11)19-13(21)9-24-10-14(22)20-4-6-23-7-5-20/h1-3,8H,4-7,9-10H2,(H,19,21). The molecule has 2 amide bonds. The van der Waals surface area contributed by atoms with Crippen molar-refractivity contribution in [2.45, 2.75) is 6.18 Å². The number of morpholine rings is 1. The van der Waals surface area contributed by atoms with Crippen LogP contribution in [0.4, 0.5) is 18.9 Å². The van der Waals surface area contributed by atoms with E-state index in [9.17, 15) is 22.8 Å². The third-order valence-electron chi connectivity index (χ3n) is 3.30. The SMILES string of the molecule is O=C(COCC(=O)N1CCOCC1)Nc1cccc(C(F)(F)F)c1. The van der Waals surface area contributed by atoms with Crippen LogP contribution in [-0.2, 0) is 25.2 Å². The summed E-state index contributed by atoms with van der Waals surface area (Å²) in [5.41, 5.74) is -0.846. The molecule has 0 unspecified atom stereocenters. The van der Waals surface area contributed by atoms with Crippen LogP contribution in [0.2, 0.25) is 0 Å². The second-order valence-corrected chi connectivity index (χ2v) is 5.11. The largest absolute Gasteiger partial charge is 0.416 e. The Morgan fingerprint density at radius 3 is 2.58 bits per heavy atom. The van der Waals surface area contributed by atoms with Gasteiger partial charge in [-0.25, -0.2) is 0 Å². The van der Waals surface area contributed by atoms with Crippen LogP contribution in [0, 0.1) is 0 Å². The van der Waals surface area contributed by atoms with Gasteiger partial charge in [0.15, 0.2) is 0 Å². The van der Waals surface area contributed by atoms with E-state index in [-0.39, 0.29) is 18.2 Å². The monoisotopic (exact) mass is 346 g/mol. The molecule has 1 saturated heterocycles. The Morgan fingerprint density at radius 2 is 1.92 bits per heavy atom. The lowest BCUT2D eigenvalue weighted by Crippen LogP contribution is -2.42. The number of anilines is 1. The van der Waals surface area contributed by atoms with Gasteiger partial charge in [0.1, 0.15) is 13.2 Å². The van der Waals surface area contributed by atoms with Gasteiger partial charge in [-0.1, -0.05) is 6.07 Å². The highest BCUT2D eigenvalue weighted by atomic mass is 19.4. The maximum absolute atomic E-state index is 12.6. The fourth-order valence-corrected chi connectivity index (χ4v) is 2.11. The first-order valence-electron chi connectivity index (χ1n) is 7.26. The first-order valence-corrected chi connectivity index (χ1v) is 7.26. The van der Waals surface area contributed by atoms with Crippen LogP contribution in [0.15, 0.2) is 24.3 Å². The Morgan fingerprint density at radius 1 is 1.21 bits per heavy atom. The summed E-state index contributed by atoms with van der Waals surface area (Å²) in [6, 6.07) is 4.28. The van der Waals surface area contributed by atoms with Gasteiger partial charge in [0, 0.05) is 18.8 Å². The zero-order chi connectivity index (χ0) is 17.6. The lowest BCUT2D eigenvalue weighted by molar-refractivity contribution is -0.141. The van der Waals surface area contributed by atoms with Crippen LogP contribution in [0.25, 0.3) is 0 Å². The molecular weight excluding hydrogens is 329 g/mol.